The summed E-state index contributed by atoms with van der Waals surface area (Å²) in [6, 6.07) is 43.0. The summed E-state index contributed by atoms with van der Waals surface area (Å²) in [5, 5.41) is 5.05. The fourth-order valence-corrected chi connectivity index (χ4v) is 4.70. The van der Waals surface area contributed by atoms with E-state index in [1.54, 1.807) is 0 Å². The van der Waals surface area contributed by atoms with Gasteiger partial charge in [-0.05, 0) is 62.0 Å². The van der Waals surface area contributed by atoms with Crippen molar-refractivity contribution in [2.45, 2.75) is 0 Å². The lowest BCUT2D eigenvalue weighted by atomic mass is 9.85. The van der Waals surface area contributed by atoms with Crippen molar-refractivity contribution in [1.29, 1.82) is 0 Å². The maximum atomic E-state index is 4.60. The first kappa shape index (κ1) is 18.5. The summed E-state index contributed by atoms with van der Waals surface area (Å²) in [7, 11) is 0. The van der Waals surface area contributed by atoms with Crippen molar-refractivity contribution in [3.63, 3.8) is 0 Å². The maximum Gasteiger partial charge on any atom is 0.0702 e. The van der Waals surface area contributed by atoms with Crippen molar-refractivity contribution in [3.8, 4) is 33.5 Å². The molecule has 1 nitrogen and oxygen atoms in total. The topological polar surface area (TPSA) is 12.9 Å². The minimum atomic E-state index is 0.989. The predicted molar refractivity (Wildman–Crippen MR) is 136 cm³/mol. The lowest BCUT2D eigenvalue weighted by Gasteiger charge is -2.18. The Balaban J connectivity index is 1.80. The lowest BCUT2D eigenvalue weighted by molar-refractivity contribution is 1.33. The maximum absolute atomic E-state index is 4.60. The summed E-state index contributed by atoms with van der Waals surface area (Å²) in [4.78, 5) is 4.60. The molecule has 150 valence electrons. The van der Waals surface area contributed by atoms with E-state index in [1.807, 2.05) is 18.3 Å². The van der Waals surface area contributed by atoms with Gasteiger partial charge in [0.15, 0.2) is 0 Å². The molecule has 0 saturated heterocycles. The normalized spacial score (nSPS) is 11.1. The number of rotatable bonds is 3. The highest BCUT2D eigenvalue weighted by molar-refractivity contribution is 6.21. The van der Waals surface area contributed by atoms with Crippen molar-refractivity contribution in [2.24, 2.45) is 0 Å². The molecule has 0 fully saturated rings. The van der Waals surface area contributed by atoms with Gasteiger partial charge in [0.2, 0.25) is 0 Å². The Bertz CT molecular complexity index is 1540. The van der Waals surface area contributed by atoms with Gasteiger partial charge in [-0.3, -0.25) is 4.98 Å². The van der Waals surface area contributed by atoms with Crippen LogP contribution in [-0.2, 0) is 0 Å². The fourth-order valence-electron chi connectivity index (χ4n) is 4.70. The third-order valence-electron chi connectivity index (χ3n) is 6.11. The molecule has 32 heavy (non-hydrogen) atoms. The molecule has 0 bridgehead atoms. The van der Waals surface area contributed by atoms with E-state index in [-0.39, 0.29) is 0 Å². The van der Waals surface area contributed by atoms with E-state index >= 15 is 0 Å². The van der Waals surface area contributed by atoms with Crippen molar-refractivity contribution >= 4 is 21.5 Å². The molecule has 1 heterocycles. The molecule has 0 N–H and O–H groups in total. The molecule has 0 aliphatic heterocycles. The fraction of sp³-hybridized carbons (Fsp3) is 0. The molecule has 0 amide bonds. The van der Waals surface area contributed by atoms with E-state index < -0.39 is 0 Å². The number of aromatic nitrogens is 1. The molecule has 0 atom stereocenters. The Kier molecular flexibility index (Phi) is 4.51. The molecule has 0 radical (unpaired) electrons. The van der Waals surface area contributed by atoms with Crippen LogP contribution in [-0.4, -0.2) is 4.98 Å². The summed E-state index contributed by atoms with van der Waals surface area (Å²) in [5.74, 6) is 0. The zero-order chi connectivity index (χ0) is 21.3. The van der Waals surface area contributed by atoms with E-state index in [9.17, 15) is 0 Å². The van der Waals surface area contributed by atoms with Crippen molar-refractivity contribution < 1.29 is 0 Å². The van der Waals surface area contributed by atoms with Gasteiger partial charge in [0.25, 0.3) is 0 Å². The average Bonchev–Trinajstić information content (AvgIpc) is 2.88. The second kappa shape index (κ2) is 7.79. The number of hydrogen-bond donors (Lipinski definition) is 0. The van der Waals surface area contributed by atoms with E-state index in [1.165, 1.54) is 43.8 Å². The van der Waals surface area contributed by atoms with Gasteiger partial charge >= 0.3 is 0 Å². The minimum absolute atomic E-state index is 0.989. The highest BCUT2D eigenvalue weighted by atomic mass is 14.7. The summed E-state index contributed by atoms with van der Waals surface area (Å²) >= 11 is 0. The van der Waals surface area contributed by atoms with Crippen LogP contribution in [0.4, 0.5) is 0 Å². The number of fused-ring (bicyclic) bond motifs is 2. The first-order valence-corrected chi connectivity index (χ1v) is 10.9. The Morgan fingerprint density at radius 3 is 1.50 bits per heavy atom. The van der Waals surface area contributed by atoms with Crippen LogP contribution < -0.4 is 0 Å². The van der Waals surface area contributed by atoms with Crippen molar-refractivity contribution in [2.75, 3.05) is 0 Å². The lowest BCUT2D eigenvalue weighted by Crippen LogP contribution is -1.92. The van der Waals surface area contributed by atoms with Gasteiger partial charge in [0.05, 0.1) is 5.69 Å². The number of nitrogens with zero attached hydrogens (tertiary/aromatic N) is 1. The minimum Gasteiger partial charge on any atom is -0.256 e. The molecule has 6 aromatic rings. The second-order valence-corrected chi connectivity index (χ2v) is 8.00. The van der Waals surface area contributed by atoms with E-state index in [0.29, 0.717) is 0 Å². The predicted octanol–water partition coefficient (Wildman–Crippen LogP) is 8.39. The van der Waals surface area contributed by atoms with Crippen LogP contribution in [0.1, 0.15) is 0 Å². The largest absolute Gasteiger partial charge is 0.256 e. The molecule has 0 spiro atoms. The molecule has 0 unspecified atom stereocenters. The standard InChI is InChI=1S/C31H21N/c1-3-11-22(12-4-1)30-25-15-7-8-16-26(25)31(23-13-5-2-6-14-23)28-21-24(18-19-27(28)30)29-17-9-10-20-32-29/h1-21H. The zero-order valence-corrected chi connectivity index (χ0v) is 17.6. The average molecular weight is 408 g/mol. The molecule has 5 aromatic carbocycles. The van der Waals surface area contributed by atoms with Gasteiger partial charge in [-0.2, -0.15) is 0 Å². The highest BCUT2D eigenvalue weighted by Crippen LogP contribution is 2.44. The van der Waals surface area contributed by atoms with Crippen molar-refractivity contribution in [1.82, 2.24) is 4.98 Å². The molecule has 0 aliphatic carbocycles. The van der Waals surface area contributed by atoms with Gasteiger partial charge in [0.1, 0.15) is 0 Å². The summed E-state index contributed by atoms with van der Waals surface area (Å²) in [6.07, 6.45) is 1.85. The van der Waals surface area contributed by atoms with Crippen LogP contribution in [0.2, 0.25) is 0 Å². The van der Waals surface area contributed by atoms with Crippen LogP contribution in [0.5, 0.6) is 0 Å². The SMILES string of the molecule is c1ccc(-c2c3ccccc3c(-c3ccccc3)c3cc(-c4ccccn4)ccc23)cc1. The molecule has 1 aromatic heterocycles. The van der Waals surface area contributed by atoms with Crippen molar-refractivity contribution in [3.05, 3.63) is 128 Å². The number of benzene rings is 5. The van der Waals surface area contributed by atoms with Crippen LogP contribution in [0, 0.1) is 0 Å². The number of pyridine rings is 1. The first-order chi connectivity index (χ1) is 15.9. The second-order valence-electron chi connectivity index (χ2n) is 8.00. The molecule has 0 aliphatic rings. The molecular weight excluding hydrogens is 386 g/mol. The Labute approximate surface area is 187 Å². The van der Waals surface area contributed by atoms with Gasteiger partial charge in [-0.1, -0.05) is 103 Å². The quantitative estimate of drug-likeness (QED) is 0.268. The molecule has 0 saturated carbocycles. The Morgan fingerprint density at radius 2 is 0.906 bits per heavy atom. The van der Waals surface area contributed by atoms with E-state index in [0.717, 1.165) is 11.3 Å². The van der Waals surface area contributed by atoms with Crippen LogP contribution in [0.25, 0.3) is 55.1 Å². The first-order valence-electron chi connectivity index (χ1n) is 10.9. The van der Waals surface area contributed by atoms with E-state index in [4.69, 9.17) is 0 Å². The zero-order valence-electron chi connectivity index (χ0n) is 17.6. The van der Waals surface area contributed by atoms with E-state index in [2.05, 4.69) is 114 Å². The van der Waals surface area contributed by atoms with Crippen LogP contribution in [0.15, 0.2) is 128 Å². The summed E-state index contributed by atoms with van der Waals surface area (Å²) in [5.41, 5.74) is 7.13. The Morgan fingerprint density at radius 1 is 0.375 bits per heavy atom. The molecule has 6 rings (SSSR count). The summed E-state index contributed by atoms with van der Waals surface area (Å²) < 4.78 is 0. The van der Waals surface area contributed by atoms with Gasteiger partial charge in [-0.15, -0.1) is 0 Å². The van der Waals surface area contributed by atoms with Gasteiger partial charge in [0, 0.05) is 11.8 Å². The van der Waals surface area contributed by atoms with Gasteiger partial charge < -0.3 is 0 Å². The monoisotopic (exact) mass is 407 g/mol. The highest BCUT2D eigenvalue weighted by Gasteiger charge is 2.17. The smallest absolute Gasteiger partial charge is 0.0702 e. The third kappa shape index (κ3) is 3.07. The van der Waals surface area contributed by atoms with Crippen LogP contribution >= 0.6 is 0 Å². The van der Waals surface area contributed by atoms with Gasteiger partial charge in [-0.25, -0.2) is 0 Å². The molecule has 1 heteroatoms. The third-order valence-corrected chi connectivity index (χ3v) is 6.11. The van der Waals surface area contributed by atoms with Crippen LogP contribution in [0.3, 0.4) is 0 Å². The summed E-state index contributed by atoms with van der Waals surface area (Å²) in [6.45, 7) is 0. The molecular formula is C31H21N. The Hall–Kier alpha value is -4.23. The number of hydrogen-bond acceptors (Lipinski definition) is 1.